The minimum absolute atomic E-state index is 0.100. The van der Waals surface area contributed by atoms with E-state index >= 15 is 0 Å². The summed E-state index contributed by atoms with van der Waals surface area (Å²) in [6, 6.07) is 4.94. The van der Waals surface area contributed by atoms with Crippen molar-refractivity contribution in [2.75, 3.05) is 11.1 Å². The van der Waals surface area contributed by atoms with E-state index in [0.717, 1.165) is 12.1 Å². The molecule has 1 aromatic carbocycles. The number of aromatic nitrogens is 4. The number of nitrogen functional groups attached to an aromatic ring is 1. The van der Waals surface area contributed by atoms with Crippen LogP contribution in [0.25, 0.3) is 11.2 Å². The first-order valence-electron chi connectivity index (χ1n) is 7.51. The van der Waals surface area contributed by atoms with Crippen LogP contribution in [0.3, 0.4) is 0 Å². The van der Waals surface area contributed by atoms with Crippen molar-refractivity contribution >= 4 is 28.7 Å². The van der Waals surface area contributed by atoms with E-state index in [9.17, 15) is 13.2 Å². The Labute approximate surface area is 141 Å². The fraction of sp³-hybridized carbons (Fsp3) is 0.312. The van der Waals surface area contributed by atoms with Crippen LogP contribution in [0.15, 0.2) is 30.5 Å². The van der Waals surface area contributed by atoms with Gasteiger partial charge >= 0.3 is 6.18 Å². The van der Waals surface area contributed by atoms with Crippen molar-refractivity contribution in [3.63, 3.8) is 0 Å². The third-order valence-electron chi connectivity index (χ3n) is 3.54. The van der Waals surface area contributed by atoms with Crippen LogP contribution in [-0.4, -0.2) is 19.5 Å². The van der Waals surface area contributed by atoms with Crippen LogP contribution in [-0.2, 0) is 11.7 Å². The van der Waals surface area contributed by atoms with Crippen molar-refractivity contribution in [1.82, 2.24) is 19.5 Å². The summed E-state index contributed by atoms with van der Waals surface area (Å²) in [6.45, 7) is 5.80. The molecule has 3 rings (SSSR count). The van der Waals surface area contributed by atoms with E-state index in [-0.39, 0.29) is 11.6 Å². The molecule has 132 valence electrons. The van der Waals surface area contributed by atoms with Crippen molar-refractivity contribution < 1.29 is 13.2 Å². The van der Waals surface area contributed by atoms with E-state index in [2.05, 4.69) is 20.3 Å². The second-order valence-electron chi connectivity index (χ2n) is 6.58. The first-order chi connectivity index (χ1) is 11.6. The van der Waals surface area contributed by atoms with E-state index in [1.54, 1.807) is 10.6 Å². The monoisotopic (exact) mass is 350 g/mol. The van der Waals surface area contributed by atoms with Crippen molar-refractivity contribution in [1.29, 1.82) is 0 Å². The van der Waals surface area contributed by atoms with E-state index < -0.39 is 17.3 Å². The van der Waals surface area contributed by atoms with Gasteiger partial charge in [0.05, 0.1) is 11.8 Å². The van der Waals surface area contributed by atoms with Crippen molar-refractivity contribution in [3.8, 4) is 0 Å². The number of nitrogens with one attached hydrogen (secondary N) is 1. The zero-order chi connectivity index (χ0) is 18.4. The molecule has 2 heterocycles. The average molecular weight is 350 g/mol. The summed E-state index contributed by atoms with van der Waals surface area (Å²) in [7, 11) is 0. The smallest absolute Gasteiger partial charge is 0.368 e. The van der Waals surface area contributed by atoms with Gasteiger partial charge in [0, 0.05) is 11.2 Å². The zero-order valence-electron chi connectivity index (χ0n) is 13.9. The molecule has 0 aliphatic rings. The van der Waals surface area contributed by atoms with Gasteiger partial charge in [-0.2, -0.15) is 18.2 Å². The molecule has 9 heteroatoms. The molecule has 0 bridgehead atoms. The molecule has 0 saturated heterocycles. The number of benzene rings is 1. The highest BCUT2D eigenvalue weighted by atomic mass is 19.4. The number of imidazole rings is 1. The SMILES string of the molecule is CC(C)(C)n1c(Nc2cccc(C(F)(F)F)c2)nc2cnc(N)nc21. The second-order valence-corrected chi connectivity index (χ2v) is 6.58. The molecule has 25 heavy (non-hydrogen) atoms. The summed E-state index contributed by atoms with van der Waals surface area (Å²) in [6.07, 6.45) is -2.93. The Kier molecular flexibility index (Phi) is 3.81. The number of nitrogens with two attached hydrogens (primary N) is 1. The Bertz CT molecular complexity index is 924. The summed E-state index contributed by atoms with van der Waals surface area (Å²) in [5.74, 6) is 0.463. The molecular weight excluding hydrogens is 333 g/mol. The Morgan fingerprint density at radius 3 is 2.48 bits per heavy atom. The lowest BCUT2D eigenvalue weighted by atomic mass is 10.1. The molecule has 6 nitrogen and oxygen atoms in total. The molecule has 0 aliphatic heterocycles. The van der Waals surface area contributed by atoms with E-state index in [1.165, 1.54) is 12.3 Å². The summed E-state index contributed by atoms with van der Waals surface area (Å²) in [5.41, 5.74) is 5.77. The maximum atomic E-state index is 12.9. The van der Waals surface area contributed by atoms with Crippen molar-refractivity contribution in [3.05, 3.63) is 36.0 Å². The summed E-state index contributed by atoms with van der Waals surface area (Å²) in [4.78, 5) is 12.5. The van der Waals surface area contributed by atoms with Crippen molar-refractivity contribution in [2.45, 2.75) is 32.5 Å². The third kappa shape index (κ3) is 3.35. The highest BCUT2D eigenvalue weighted by Gasteiger charge is 2.30. The van der Waals surface area contributed by atoms with Gasteiger partial charge < -0.3 is 11.1 Å². The summed E-state index contributed by atoms with van der Waals surface area (Å²) in [5, 5.41) is 2.94. The molecule has 0 spiro atoms. The molecule has 2 aromatic heterocycles. The maximum absolute atomic E-state index is 12.9. The molecule has 0 radical (unpaired) electrons. The van der Waals surface area contributed by atoms with Crippen LogP contribution >= 0.6 is 0 Å². The normalized spacial score (nSPS) is 12.6. The van der Waals surface area contributed by atoms with Crippen LogP contribution in [0.1, 0.15) is 26.3 Å². The summed E-state index contributed by atoms with van der Waals surface area (Å²) >= 11 is 0. The lowest BCUT2D eigenvalue weighted by Crippen LogP contribution is -2.23. The molecule has 0 saturated carbocycles. The van der Waals surface area contributed by atoms with E-state index in [1.807, 2.05) is 20.8 Å². The Morgan fingerprint density at radius 2 is 1.84 bits per heavy atom. The largest absolute Gasteiger partial charge is 0.416 e. The van der Waals surface area contributed by atoms with E-state index in [0.29, 0.717) is 17.1 Å². The number of halogens is 3. The number of hydrogen-bond acceptors (Lipinski definition) is 5. The Balaban J connectivity index is 2.11. The van der Waals surface area contributed by atoms with Crippen molar-refractivity contribution in [2.24, 2.45) is 0 Å². The minimum atomic E-state index is -4.41. The van der Waals surface area contributed by atoms with Gasteiger partial charge in [-0.25, -0.2) is 9.97 Å². The predicted octanol–water partition coefficient (Wildman–Crippen LogP) is 3.93. The lowest BCUT2D eigenvalue weighted by molar-refractivity contribution is -0.137. The van der Waals surface area contributed by atoms with Gasteiger partial charge in [0.15, 0.2) is 5.65 Å². The molecule has 0 atom stereocenters. The van der Waals surface area contributed by atoms with Gasteiger partial charge in [-0.3, -0.25) is 4.57 Å². The van der Waals surface area contributed by atoms with E-state index in [4.69, 9.17) is 5.73 Å². The number of rotatable bonds is 2. The number of fused-ring (bicyclic) bond motifs is 1. The standard InChI is InChI=1S/C16H17F3N6/c1-15(2,3)25-12-11(8-21-13(20)24-12)23-14(25)22-10-6-4-5-9(7-10)16(17,18)19/h4-8H,1-3H3,(H,22,23)(H2,20,21,24). The first-order valence-corrected chi connectivity index (χ1v) is 7.51. The Hall–Kier alpha value is -2.84. The zero-order valence-corrected chi connectivity index (χ0v) is 13.9. The van der Waals surface area contributed by atoms with Gasteiger partial charge in [-0.15, -0.1) is 0 Å². The number of nitrogens with zero attached hydrogens (tertiary/aromatic N) is 4. The van der Waals surface area contributed by atoms with Crippen LogP contribution in [0.2, 0.25) is 0 Å². The molecule has 0 aliphatic carbocycles. The lowest BCUT2D eigenvalue weighted by Gasteiger charge is -2.24. The van der Waals surface area contributed by atoms with Gasteiger partial charge in [-0.05, 0) is 39.0 Å². The minimum Gasteiger partial charge on any atom is -0.368 e. The molecular formula is C16H17F3N6. The quantitative estimate of drug-likeness (QED) is 0.732. The van der Waals surface area contributed by atoms with Gasteiger partial charge in [0.2, 0.25) is 11.9 Å². The highest BCUT2D eigenvalue weighted by molar-refractivity contribution is 5.76. The van der Waals surface area contributed by atoms with Gasteiger partial charge in [0.25, 0.3) is 0 Å². The molecule has 0 fully saturated rings. The topological polar surface area (TPSA) is 81.7 Å². The number of hydrogen-bond donors (Lipinski definition) is 2. The Morgan fingerprint density at radius 1 is 1.12 bits per heavy atom. The average Bonchev–Trinajstić information content (AvgIpc) is 2.83. The van der Waals surface area contributed by atoms with Crippen LogP contribution < -0.4 is 11.1 Å². The first kappa shape index (κ1) is 17.0. The third-order valence-corrected chi connectivity index (χ3v) is 3.54. The summed E-state index contributed by atoms with van der Waals surface area (Å²) < 4.78 is 40.5. The van der Waals surface area contributed by atoms with Crippen LogP contribution in [0.5, 0.6) is 0 Å². The fourth-order valence-electron chi connectivity index (χ4n) is 2.51. The maximum Gasteiger partial charge on any atom is 0.416 e. The highest BCUT2D eigenvalue weighted by Crippen LogP contribution is 2.33. The molecule has 3 N–H and O–H groups in total. The molecule has 0 amide bonds. The second kappa shape index (κ2) is 5.61. The predicted molar refractivity (Wildman–Crippen MR) is 89.5 cm³/mol. The van der Waals surface area contributed by atoms with Gasteiger partial charge in [-0.1, -0.05) is 6.07 Å². The van der Waals surface area contributed by atoms with Gasteiger partial charge in [0.1, 0.15) is 5.52 Å². The number of anilines is 3. The van der Waals surface area contributed by atoms with Crippen LogP contribution in [0, 0.1) is 0 Å². The van der Waals surface area contributed by atoms with Crippen LogP contribution in [0.4, 0.5) is 30.8 Å². The molecule has 0 unspecified atom stereocenters. The molecule has 3 aromatic rings. The fourth-order valence-corrected chi connectivity index (χ4v) is 2.51. The number of alkyl halides is 3.